The Hall–Kier alpha value is -3.12. The average molecular weight is 433 g/mol. The Morgan fingerprint density at radius 2 is 2.03 bits per heavy atom. The number of H-pyrrole nitrogens is 1. The Kier molecular flexibility index (Phi) is 6.61. The fourth-order valence-electron chi connectivity index (χ4n) is 4.68. The predicted molar refractivity (Wildman–Crippen MR) is 133 cm³/mol. The van der Waals surface area contributed by atoms with Gasteiger partial charge in [-0.05, 0) is 69.0 Å². The largest absolute Gasteiger partial charge is 0.381 e. The molecule has 0 unspecified atom stereocenters. The number of benzene rings is 1. The van der Waals surface area contributed by atoms with Crippen LogP contribution in [0.15, 0.2) is 41.8 Å². The summed E-state index contributed by atoms with van der Waals surface area (Å²) in [6, 6.07) is 8.86. The maximum atomic E-state index is 12.5. The molecular formula is C26H32N4O2. The van der Waals surface area contributed by atoms with Crippen LogP contribution in [0.4, 0.5) is 11.5 Å². The number of aromatic nitrogens is 2. The lowest BCUT2D eigenvalue weighted by molar-refractivity contribution is 0.0847. The first kappa shape index (κ1) is 22.1. The van der Waals surface area contributed by atoms with E-state index >= 15 is 0 Å². The van der Waals surface area contributed by atoms with Gasteiger partial charge in [-0.3, -0.25) is 4.79 Å². The highest BCUT2D eigenvalue weighted by atomic mass is 16.5. The van der Waals surface area contributed by atoms with Gasteiger partial charge in [0, 0.05) is 66.3 Å². The van der Waals surface area contributed by atoms with E-state index in [1.54, 1.807) is 0 Å². The van der Waals surface area contributed by atoms with Crippen LogP contribution >= 0.6 is 0 Å². The van der Waals surface area contributed by atoms with E-state index < -0.39 is 0 Å². The van der Waals surface area contributed by atoms with Crippen molar-refractivity contribution in [2.24, 2.45) is 0 Å². The summed E-state index contributed by atoms with van der Waals surface area (Å²) in [5.74, 6) is 0.773. The molecule has 32 heavy (non-hydrogen) atoms. The summed E-state index contributed by atoms with van der Waals surface area (Å²) < 4.78 is 5.59. The van der Waals surface area contributed by atoms with Gasteiger partial charge >= 0.3 is 0 Å². The van der Waals surface area contributed by atoms with E-state index in [9.17, 15) is 4.79 Å². The Balaban J connectivity index is 1.74. The van der Waals surface area contributed by atoms with Crippen LogP contribution in [-0.2, 0) is 11.3 Å². The molecule has 0 amide bonds. The summed E-state index contributed by atoms with van der Waals surface area (Å²) in [6.45, 7) is 13.0. The van der Waals surface area contributed by atoms with E-state index in [0.717, 1.165) is 71.6 Å². The van der Waals surface area contributed by atoms with Gasteiger partial charge in [0.25, 0.3) is 5.56 Å². The molecule has 1 aliphatic rings. The number of pyridine rings is 2. The first-order valence-corrected chi connectivity index (χ1v) is 11.3. The Morgan fingerprint density at radius 3 is 2.72 bits per heavy atom. The molecule has 3 aromatic rings. The van der Waals surface area contributed by atoms with Gasteiger partial charge in [0.05, 0.1) is 0 Å². The van der Waals surface area contributed by atoms with Crippen molar-refractivity contribution in [2.75, 3.05) is 30.0 Å². The maximum Gasteiger partial charge on any atom is 0.253 e. The molecule has 4 rings (SSSR count). The SMILES string of the molecule is C=Cc1cc(N(CC)C2CCOCC2)c2ccnc(NCc3c(C)cc(C)[nH]c3=O)c2c1. The molecule has 168 valence electrons. The molecule has 6 heteroatoms. The topological polar surface area (TPSA) is 70.2 Å². The molecule has 0 radical (unpaired) electrons. The number of hydrogen-bond acceptors (Lipinski definition) is 5. The van der Waals surface area contributed by atoms with Crippen LogP contribution in [0.2, 0.25) is 0 Å². The number of anilines is 2. The van der Waals surface area contributed by atoms with Gasteiger partial charge in [0.15, 0.2) is 0 Å². The second kappa shape index (κ2) is 9.57. The summed E-state index contributed by atoms with van der Waals surface area (Å²) >= 11 is 0. The van der Waals surface area contributed by atoms with Crippen LogP contribution in [0.3, 0.4) is 0 Å². The number of nitrogens with one attached hydrogen (secondary N) is 2. The highest BCUT2D eigenvalue weighted by Crippen LogP contribution is 2.35. The molecule has 0 aliphatic carbocycles. The third-order valence-corrected chi connectivity index (χ3v) is 6.32. The monoisotopic (exact) mass is 432 g/mol. The Labute approximate surface area is 189 Å². The number of fused-ring (bicyclic) bond motifs is 1. The number of aromatic amines is 1. The molecule has 0 bridgehead atoms. The van der Waals surface area contributed by atoms with Gasteiger partial charge in [-0.15, -0.1) is 0 Å². The van der Waals surface area contributed by atoms with E-state index in [1.807, 2.05) is 32.2 Å². The third kappa shape index (κ3) is 4.41. The zero-order valence-electron chi connectivity index (χ0n) is 19.2. The van der Waals surface area contributed by atoms with Gasteiger partial charge in [0.1, 0.15) is 5.82 Å². The number of hydrogen-bond donors (Lipinski definition) is 2. The highest BCUT2D eigenvalue weighted by molar-refractivity contribution is 6.01. The maximum absolute atomic E-state index is 12.5. The van der Waals surface area contributed by atoms with Crippen LogP contribution in [0.1, 0.15) is 42.1 Å². The molecule has 1 aliphatic heterocycles. The molecule has 1 aromatic carbocycles. The number of rotatable bonds is 7. The molecule has 6 nitrogen and oxygen atoms in total. The Bertz CT molecular complexity index is 1180. The van der Waals surface area contributed by atoms with Gasteiger partial charge in [-0.2, -0.15) is 0 Å². The first-order chi connectivity index (χ1) is 15.5. The first-order valence-electron chi connectivity index (χ1n) is 11.3. The normalized spacial score (nSPS) is 14.5. The smallest absolute Gasteiger partial charge is 0.253 e. The third-order valence-electron chi connectivity index (χ3n) is 6.32. The minimum atomic E-state index is -0.0561. The van der Waals surface area contributed by atoms with Gasteiger partial charge in [-0.1, -0.05) is 12.7 Å². The van der Waals surface area contributed by atoms with Crippen molar-refractivity contribution in [3.05, 3.63) is 69.8 Å². The minimum absolute atomic E-state index is 0.0561. The number of aryl methyl sites for hydroxylation is 2. The molecule has 1 fully saturated rings. The van der Waals surface area contributed by atoms with E-state index in [2.05, 4.69) is 51.9 Å². The Morgan fingerprint density at radius 1 is 1.25 bits per heavy atom. The zero-order chi connectivity index (χ0) is 22.7. The lowest BCUT2D eigenvalue weighted by Gasteiger charge is -2.36. The molecular weight excluding hydrogens is 400 g/mol. The lowest BCUT2D eigenvalue weighted by Crippen LogP contribution is -2.39. The quantitative estimate of drug-likeness (QED) is 0.561. The van der Waals surface area contributed by atoms with Crippen LogP contribution < -0.4 is 15.8 Å². The number of nitrogens with zero attached hydrogens (tertiary/aromatic N) is 2. The van der Waals surface area contributed by atoms with E-state index in [1.165, 1.54) is 5.69 Å². The van der Waals surface area contributed by atoms with Crippen molar-refractivity contribution in [3.63, 3.8) is 0 Å². The van der Waals surface area contributed by atoms with Crippen molar-refractivity contribution in [1.82, 2.24) is 9.97 Å². The van der Waals surface area contributed by atoms with E-state index in [-0.39, 0.29) is 5.56 Å². The van der Waals surface area contributed by atoms with Crippen molar-refractivity contribution < 1.29 is 4.74 Å². The molecule has 2 aromatic heterocycles. The number of ether oxygens (including phenoxy) is 1. The lowest BCUT2D eigenvalue weighted by atomic mass is 10.0. The highest BCUT2D eigenvalue weighted by Gasteiger charge is 2.23. The van der Waals surface area contributed by atoms with Crippen LogP contribution in [0.5, 0.6) is 0 Å². The summed E-state index contributed by atoms with van der Waals surface area (Å²) in [5.41, 5.74) is 4.77. The van der Waals surface area contributed by atoms with Crippen LogP contribution in [-0.4, -0.2) is 35.8 Å². The molecule has 0 saturated carbocycles. The average Bonchev–Trinajstić information content (AvgIpc) is 2.79. The molecule has 1 saturated heterocycles. The fraction of sp³-hybridized carbons (Fsp3) is 0.385. The molecule has 2 N–H and O–H groups in total. The van der Waals surface area contributed by atoms with Crippen LogP contribution in [0, 0.1) is 13.8 Å². The molecule has 0 spiro atoms. The van der Waals surface area contributed by atoms with Crippen LogP contribution in [0.25, 0.3) is 16.8 Å². The van der Waals surface area contributed by atoms with Crippen molar-refractivity contribution >= 4 is 28.4 Å². The summed E-state index contributed by atoms with van der Waals surface area (Å²) in [4.78, 5) is 22.5. The van der Waals surface area contributed by atoms with Crippen molar-refractivity contribution in [3.8, 4) is 0 Å². The van der Waals surface area contributed by atoms with Gasteiger partial charge < -0.3 is 19.9 Å². The fourth-order valence-corrected chi connectivity index (χ4v) is 4.68. The second-order valence-electron chi connectivity index (χ2n) is 8.42. The predicted octanol–water partition coefficient (Wildman–Crippen LogP) is 4.80. The standard InChI is InChI=1S/C26H32N4O2/c1-5-19-14-22-21(24(15-19)30(6-2)20-8-11-32-12-9-20)7-10-27-25(22)28-16-23-17(3)13-18(4)29-26(23)31/h5,7,10,13-15,20H,1,6,8-9,11-12,16H2,2-4H3,(H,27,28)(H,29,31). The second-order valence-corrected chi connectivity index (χ2v) is 8.42. The summed E-state index contributed by atoms with van der Waals surface area (Å²) in [5, 5.41) is 5.60. The summed E-state index contributed by atoms with van der Waals surface area (Å²) in [7, 11) is 0. The zero-order valence-corrected chi connectivity index (χ0v) is 19.2. The summed E-state index contributed by atoms with van der Waals surface area (Å²) in [6.07, 6.45) is 5.77. The molecule has 0 atom stereocenters. The van der Waals surface area contributed by atoms with E-state index in [0.29, 0.717) is 12.6 Å². The van der Waals surface area contributed by atoms with Gasteiger partial charge in [0.2, 0.25) is 0 Å². The van der Waals surface area contributed by atoms with Gasteiger partial charge in [-0.25, -0.2) is 4.98 Å². The van der Waals surface area contributed by atoms with Crippen molar-refractivity contribution in [2.45, 2.75) is 46.2 Å². The van der Waals surface area contributed by atoms with E-state index in [4.69, 9.17) is 4.74 Å². The van der Waals surface area contributed by atoms with Crippen molar-refractivity contribution in [1.29, 1.82) is 0 Å². The minimum Gasteiger partial charge on any atom is -0.381 e. The molecule has 3 heterocycles.